The number of rotatable bonds is 6. The Hall–Kier alpha value is -3.68. The molecule has 0 spiro atoms. The number of carbonyl (C=O) groups is 2. The minimum atomic E-state index is -0.550. The van der Waals surface area contributed by atoms with Crippen molar-refractivity contribution in [2.45, 2.75) is 20.4 Å². The molecule has 1 aromatic carbocycles. The average molecular weight is 410 g/mol. The van der Waals surface area contributed by atoms with Crippen LogP contribution in [0.3, 0.4) is 0 Å². The van der Waals surface area contributed by atoms with Crippen molar-refractivity contribution in [1.82, 2.24) is 4.57 Å². The van der Waals surface area contributed by atoms with E-state index in [1.54, 1.807) is 30.5 Å². The van der Waals surface area contributed by atoms with Crippen LogP contribution in [0.5, 0.6) is 11.5 Å². The van der Waals surface area contributed by atoms with Crippen molar-refractivity contribution in [2.75, 3.05) is 25.1 Å². The number of nitrogens with zero attached hydrogens (tertiary/aromatic N) is 1. The SMILES string of the molecule is Cc1cc(C(=O)OCC(=O)Nc2ccc3c(c2)OCCO3)c(C)n1Cc1ccco1. The average Bonchev–Trinajstić information content (AvgIpc) is 3.36. The lowest BCUT2D eigenvalue weighted by Crippen LogP contribution is -2.21. The van der Waals surface area contributed by atoms with Gasteiger partial charge in [0.2, 0.25) is 0 Å². The Kier molecular flexibility index (Phi) is 5.47. The fraction of sp³-hybridized carbons (Fsp3) is 0.273. The number of aromatic nitrogens is 1. The van der Waals surface area contributed by atoms with Crippen LogP contribution in [0, 0.1) is 13.8 Å². The van der Waals surface area contributed by atoms with E-state index >= 15 is 0 Å². The second-order valence-corrected chi connectivity index (χ2v) is 6.93. The van der Waals surface area contributed by atoms with Gasteiger partial charge >= 0.3 is 5.97 Å². The van der Waals surface area contributed by atoms with Gasteiger partial charge in [0.05, 0.1) is 18.4 Å². The largest absolute Gasteiger partial charge is 0.486 e. The smallest absolute Gasteiger partial charge is 0.340 e. The number of carbonyl (C=O) groups excluding carboxylic acids is 2. The molecule has 30 heavy (non-hydrogen) atoms. The van der Waals surface area contributed by atoms with E-state index in [2.05, 4.69) is 5.32 Å². The van der Waals surface area contributed by atoms with Crippen LogP contribution in [-0.4, -0.2) is 36.3 Å². The molecule has 1 aliphatic heterocycles. The number of amides is 1. The van der Waals surface area contributed by atoms with Gasteiger partial charge in [-0.25, -0.2) is 4.79 Å². The van der Waals surface area contributed by atoms with Crippen LogP contribution < -0.4 is 14.8 Å². The quantitative estimate of drug-likeness (QED) is 0.627. The lowest BCUT2D eigenvalue weighted by Gasteiger charge is -2.19. The van der Waals surface area contributed by atoms with Gasteiger partial charge in [-0.2, -0.15) is 0 Å². The minimum Gasteiger partial charge on any atom is -0.486 e. The van der Waals surface area contributed by atoms with E-state index in [4.69, 9.17) is 18.6 Å². The summed E-state index contributed by atoms with van der Waals surface area (Å²) in [7, 11) is 0. The molecule has 0 aliphatic carbocycles. The van der Waals surface area contributed by atoms with Gasteiger partial charge < -0.3 is 28.5 Å². The number of aryl methyl sites for hydroxylation is 1. The van der Waals surface area contributed by atoms with E-state index in [0.717, 1.165) is 17.1 Å². The molecule has 0 fully saturated rings. The van der Waals surface area contributed by atoms with Gasteiger partial charge in [0.25, 0.3) is 5.91 Å². The fourth-order valence-corrected chi connectivity index (χ4v) is 3.34. The summed E-state index contributed by atoms with van der Waals surface area (Å²) in [4.78, 5) is 24.7. The number of hydrogen-bond acceptors (Lipinski definition) is 6. The summed E-state index contributed by atoms with van der Waals surface area (Å²) in [5, 5.41) is 2.69. The summed E-state index contributed by atoms with van der Waals surface area (Å²) in [5.41, 5.74) is 2.61. The lowest BCUT2D eigenvalue weighted by atomic mass is 10.2. The molecule has 8 heteroatoms. The minimum absolute atomic E-state index is 0.394. The van der Waals surface area contributed by atoms with E-state index in [1.165, 1.54) is 0 Å². The second kappa shape index (κ2) is 8.36. The monoisotopic (exact) mass is 410 g/mol. The Balaban J connectivity index is 1.36. The van der Waals surface area contributed by atoms with Crippen LogP contribution in [0.1, 0.15) is 27.5 Å². The molecule has 0 unspecified atom stereocenters. The van der Waals surface area contributed by atoms with Gasteiger partial charge in [-0.15, -0.1) is 0 Å². The van der Waals surface area contributed by atoms with Crippen LogP contribution in [0.4, 0.5) is 5.69 Å². The van der Waals surface area contributed by atoms with Gasteiger partial charge in [-0.05, 0) is 44.2 Å². The molecule has 0 saturated carbocycles. The highest BCUT2D eigenvalue weighted by atomic mass is 16.6. The third kappa shape index (κ3) is 4.17. The maximum absolute atomic E-state index is 12.5. The lowest BCUT2D eigenvalue weighted by molar-refractivity contribution is -0.119. The molecule has 3 aromatic rings. The molecule has 1 amide bonds. The molecule has 2 aromatic heterocycles. The van der Waals surface area contributed by atoms with Crippen molar-refractivity contribution < 1.29 is 28.2 Å². The van der Waals surface area contributed by atoms with Crippen molar-refractivity contribution in [3.8, 4) is 11.5 Å². The van der Waals surface area contributed by atoms with Gasteiger partial charge in [-0.1, -0.05) is 0 Å². The molecular weight excluding hydrogens is 388 g/mol. The highest BCUT2D eigenvalue weighted by molar-refractivity contribution is 5.96. The zero-order valence-corrected chi connectivity index (χ0v) is 16.8. The first-order chi connectivity index (χ1) is 14.5. The molecule has 3 heterocycles. The first kappa shape index (κ1) is 19.6. The van der Waals surface area contributed by atoms with Gasteiger partial charge in [0.1, 0.15) is 19.0 Å². The summed E-state index contributed by atoms with van der Waals surface area (Å²) in [6, 6.07) is 10.5. The van der Waals surface area contributed by atoms with E-state index in [9.17, 15) is 9.59 Å². The molecule has 1 aliphatic rings. The van der Waals surface area contributed by atoms with Crippen molar-refractivity contribution >= 4 is 17.6 Å². The predicted octanol–water partition coefficient (Wildman–Crippen LogP) is 3.31. The molecule has 1 N–H and O–H groups in total. The molecular formula is C22H22N2O6. The zero-order chi connectivity index (χ0) is 21.1. The maximum atomic E-state index is 12.5. The highest BCUT2D eigenvalue weighted by Crippen LogP contribution is 2.32. The second-order valence-electron chi connectivity index (χ2n) is 6.93. The number of esters is 1. The van der Waals surface area contributed by atoms with Gasteiger partial charge in [-0.3, -0.25) is 4.79 Å². The zero-order valence-electron chi connectivity index (χ0n) is 16.8. The van der Waals surface area contributed by atoms with Crippen LogP contribution in [0.15, 0.2) is 47.1 Å². The number of ether oxygens (including phenoxy) is 3. The molecule has 0 radical (unpaired) electrons. The number of nitrogens with one attached hydrogen (secondary N) is 1. The topological polar surface area (TPSA) is 91.9 Å². The number of hydrogen-bond donors (Lipinski definition) is 1. The molecule has 8 nitrogen and oxygen atoms in total. The van der Waals surface area contributed by atoms with Crippen LogP contribution in [0.2, 0.25) is 0 Å². The third-order valence-electron chi connectivity index (χ3n) is 4.85. The summed E-state index contributed by atoms with van der Waals surface area (Å²) in [5.74, 6) is 1.00. The van der Waals surface area contributed by atoms with Crippen LogP contribution in [0.25, 0.3) is 0 Å². The van der Waals surface area contributed by atoms with Crippen molar-refractivity contribution in [3.63, 3.8) is 0 Å². The Morgan fingerprint density at radius 2 is 1.90 bits per heavy atom. The van der Waals surface area contributed by atoms with E-state index in [1.807, 2.05) is 30.5 Å². The molecule has 4 rings (SSSR count). The summed E-state index contributed by atoms with van der Waals surface area (Å²) < 4.78 is 23.5. The Morgan fingerprint density at radius 1 is 1.10 bits per heavy atom. The fourth-order valence-electron chi connectivity index (χ4n) is 3.34. The maximum Gasteiger partial charge on any atom is 0.340 e. The van der Waals surface area contributed by atoms with E-state index < -0.39 is 18.5 Å². The van der Waals surface area contributed by atoms with Crippen molar-refractivity contribution in [2.24, 2.45) is 0 Å². The van der Waals surface area contributed by atoms with Gasteiger partial charge in [0.15, 0.2) is 18.1 Å². The number of fused-ring (bicyclic) bond motifs is 1. The number of furan rings is 1. The first-order valence-electron chi connectivity index (χ1n) is 9.57. The Morgan fingerprint density at radius 3 is 2.67 bits per heavy atom. The summed E-state index contributed by atoms with van der Waals surface area (Å²) in [6.07, 6.45) is 1.61. The van der Waals surface area contributed by atoms with E-state index in [0.29, 0.717) is 42.5 Å². The molecule has 156 valence electrons. The van der Waals surface area contributed by atoms with Crippen LogP contribution in [-0.2, 0) is 16.1 Å². The Bertz CT molecular complexity index is 1070. The normalized spacial score (nSPS) is 12.5. The molecule has 0 saturated heterocycles. The third-order valence-corrected chi connectivity index (χ3v) is 4.85. The first-order valence-corrected chi connectivity index (χ1v) is 9.57. The van der Waals surface area contributed by atoms with Crippen molar-refractivity contribution in [3.05, 3.63) is 65.4 Å². The Labute approximate surface area is 173 Å². The van der Waals surface area contributed by atoms with E-state index in [-0.39, 0.29) is 0 Å². The predicted molar refractivity (Wildman–Crippen MR) is 108 cm³/mol. The van der Waals surface area contributed by atoms with Gasteiger partial charge in [0, 0.05) is 23.1 Å². The number of anilines is 1. The van der Waals surface area contributed by atoms with Crippen molar-refractivity contribution in [1.29, 1.82) is 0 Å². The van der Waals surface area contributed by atoms with Crippen LogP contribution >= 0.6 is 0 Å². The highest BCUT2D eigenvalue weighted by Gasteiger charge is 2.19. The summed E-state index contributed by atoms with van der Waals surface area (Å²) in [6.45, 7) is 4.82. The number of benzene rings is 1. The molecule has 0 bridgehead atoms. The standard InChI is InChI=1S/C22H22N2O6/c1-14-10-18(15(2)24(14)12-17-4-3-7-27-17)22(26)30-13-21(25)23-16-5-6-19-20(11-16)29-9-8-28-19/h3-7,10-11H,8-9,12-13H2,1-2H3,(H,23,25). The molecule has 0 atom stereocenters. The summed E-state index contributed by atoms with van der Waals surface area (Å²) >= 11 is 0.